The zero-order valence-electron chi connectivity index (χ0n) is 30.9. The summed E-state index contributed by atoms with van der Waals surface area (Å²) < 4.78 is 27.7. The quantitative estimate of drug-likeness (QED) is 0.0883. The molecule has 3 aromatic carbocycles. The van der Waals surface area contributed by atoms with Crippen molar-refractivity contribution in [2.24, 2.45) is 0 Å². The molecule has 4 aromatic rings. The lowest BCUT2D eigenvalue weighted by molar-refractivity contribution is -0.131. The standard InChI is InChI=1S/C41H44F2N8O5/c1-50(30-14-15-34-33(22-30)32(16-18-45-34)38(54)47-25-37(53)51-26-41(42,43)23-31(51)24-44)19-9-8-17-46-39(55)36(21-29-12-6-3-7-13-29)49-40(56)35(48-27-52)20-28-10-4-2-5-11-28/h2-7,10-16,18,22,27,31,35-36H,8-9,17,19-21,23,25-26H2,1H3,(H,46,55)(H,47,54)(H,48,52)(H,49,56). The number of anilines is 1. The van der Waals surface area contributed by atoms with Crippen molar-refractivity contribution in [3.63, 3.8) is 0 Å². The van der Waals surface area contributed by atoms with Gasteiger partial charge in [-0.15, -0.1) is 0 Å². The Labute approximate surface area is 323 Å². The van der Waals surface area contributed by atoms with Gasteiger partial charge < -0.3 is 31.1 Å². The first-order valence-electron chi connectivity index (χ1n) is 18.3. The van der Waals surface area contributed by atoms with Gasteiger partial charge >= 0.3 is 0 Å². The average molecular weight is 767 g/mol. The van der Waals surface area contributed by atoms with E-state index in [1.165, 1.54) is 12.3 Å². The summed E-state index contributed by atoms with van der Waals surface area (Å²) in [5.41, 5.74) is 3.29. The maximum Gasteiger partial charge on any atom is 0.268 e. The fourth-order valence-corrected chi connectivity index (χ4v) is 6.55. The van der Waals surface area contributed by atoms with Crippen LogP contribution >= 0.6 is 0 Å². The first-order chi connectivity index (χ1) is 27.0. The van der Waals surface area contributed by atoms with E-state index in [0.29, 0.717) is 43.2 Å². The highest BCUT2D eigenvalue weighted by molar-refractivity contribution is 6.07. The van der Waals surface area contributed by atoms with E-state index >= 15 is 0 Å². The van der Waals surface area contributed by atoms with E-state index in [4.69, 9.17) is 0 Å². The number of carbonyl (C=O) groups excluding carboxylic acids is 5. The third-order valence-electron chi connectivity index (χ3n) is 9.55. The Hall–Kier alpha value is -6.43. The molecule has 13 nitrogen and oxygen atoms in total. The van der Waals surface area contributed by atoms with E-state index in [1.54, 1.807) is 18.2 Å². The third kappa shape index (κ3) is 11.1. The van der Waals surface area contributed by atoms with Gasteiger partial charge in [-0.05, 0) is 48.2 Å². The van der Waals surface area contributed by atoms with Gasteiger partial charge in [0.1, 0.15) is 18.1 Å². The minimum atomic E-state index is -3.16. The van der Waals surface area contributed by atoms with Crippen LogP contribution in [0, 0.1) is 11.3 Å². The highest BCUT2D eigenvalue weighted by Crippen LogP contribution is 2.31. The minimum absolute atomic E-state index is 0.245. The number of nitrogens with zero attached hydrogens (tertiary/aromatic N) is 4. The summed E-state index contributed by atoms with van der Waals surface area (Å²) in [5.74, 6) is -5.34. The number of nitrogens with one attached hydrogen (secondary N) is 4. The lowest BCUT2D eigenvalue weighted by Gasteiger charge is -2.23. The number of pyridine rings is 1. The molecule has 3 atom stereocenters. The van der Waals surface area contributed by atoms with Gasteiger partial charge in [-0.3, -0.25) is 29.0 Å². The maximum absolute atomic E-state index is 13.8. The molecule has 3 unspecified atom stereocenters. The van der Waals surface area contributed by atoms with Crippen molar-refractivity contribution in [3.8, 4) is 6.07 Å². The van der Waals surface area contributed by atoms with E-state index in [-0.39, 0.29) is 24.3 Å². The van der Waals surface area contributed by atoms with Crippen molar-refractivity contribution in [3.05, 3.63) is 108 Å². The van der Waals surface area contributed by atoms with Crippen molar-refractivity contribution in [2.75, 3.05) is 38.1 Å². The zero-order chi connectivity index (χ0) is 40.1. The Morgan fingerprint density at radius 1 is 0.946 bits per heavy atom. The molecular formula is C41H44F2N8O5. The number of benzene rings is 3. The zero-order valence-corrected chi connectivity index (χ0v) is 30.9. The Balaban J connectivity index is 1.14. The lowest BCUT2D eigenvalue weighted by Crippen LogP contribution is -2.54. The molecule has 1 aliphatic rings. The van der Waals surface area contributed by atoms with E-state index in [9.17, 15) is 38.0 Å². The molecule has 15 heteroatoms. The molecule has 292 valence electrons. The summed E-state index contributed by atoms with van der Waals surface area (Å²) in [6.45, 7) is -0.466. The first kappa shape index (κ1) is 40.7. The molecule has 0 radical (unpaired) electrons. The molecule has 56 heavy (non-hydrogen) atoms. The second-order valence-corrected chi connectivity index (χ2v) is 13.7. The number of halogens is 2. The maximum atomic E-state index is 13.8. The number of amides is 5. The Morgan fingerprint density at radius 3 is 2.29 bits per heavy atom. The molecule has 4 N–H and O–H groups in total. The average Bonchev–Trinajstić information content (AvgIpc) is 3.53. The Morgan fingerprint density at radius 2 is 1.62 bits per heavy atom. The van der Waals surface area contributed by atoms with Crippen LogP contribution in [0.3, 0.4) is 0 Å². The summed E-state index contributed by atoms with van der Waals surface area (Å²) in [6, 6.07) is 24.3. The van der Waals surface area contributed by atoms with Crippen LogP contribution in [0.5, 0.6) is 0 Å². The molecule has 0 spiro atoms. The SMILES string of the molecule is CN(CCCCNC(=O)C(Cc1ccccc1)NC(=O)C(Cc1ccccc1)NC=O)c1ccc2nccc(C(=O)NCC(=O)N3CC(F)(F)CC3C#N)c2c1. The number of alkyl halides is 2. The smallest absolute Gasteiger partial charge is 0.268 e. The molecule has 5 amide bonds. The van der Waals surface area contributed by atoms with E-state index in [1.807, 2.05) is 78.7 Å². The van der Waals surface area contributed by atoms with Crippen molar-refractivity contribution < 1.29 is 32.8 Å². The Kier molecular flexibility index (Phi) is 14.0. The van der Waals surface area contributed by atoms with Crippen LogP contribution in [0.15, 0.2) is 91.1 Å². The summed E-state index contributed by atoms with van der Waals surface area (Å²) in [7, 11) is 1.89. The lowest BCUT2D eigenvalue weighted by atomic mass is 10.0. The van der Waals surface area contributed by atoms with Gasteiger partial charge in [0.05, 0.1) is 30.2 Å². The molecule has 5 rings (SSSR count). The van der Waals surface area contributed by atoms with Gasteiger partial charge in [-0.2, -0.15) is 5.26 Å². The van der Waals surface area contributed by atoms with Gasteiger partial charge in [-0.25, -0.2) is 8.78 Å². The number of carbonyl (C=O) groups is 5. The number of unbranched alkanes of at least 4 members (excludes halogenated alkanes) is 1. The fourth-order valence-electron chi connectivity index (χ4n) is 6.55. The monoisotopic (exact) mass is 766 g/mol. The van der Waals surface area contributed by atoms with Gasteiger partial charge in [0.25, 0.3) is 11.8 Å². The van der Waals surface area contributed by atoms with Crippen molar-refractivity contribution in [1.82, 2.24) is 31.2 Å². The van der Waals surface area contributed by atoms with Crippen LogP contribution in [0.1, 0.15) is 40.7 Å². The van der Waals surface area contributed by atoms with Gasteiger partial charge in [-0.1, -0.05) is 60.7 Å². The molecule has 0 saturated carbocycles. The number of rotatable bonds is 18. The van der Waals surface area contributed by atoms with Crippen LogP contribution < -0.4 is 26.2 Å². The summed E-state index contributed by atoms with van der Waals surface area (Å²) in [4.78, 5) is 71.0. The summed E-state index contributed by atoms with van der Waals surface area (Å²) >= 11 is 0. The Bertz CT molecular complexity index is 2050. The van der Waals surface area contributed by atoms with E-state index < -0.39 is 61.3 Å². The van der Waals surface area contributed by atoms with Crippen LogP contribution in [0.25, 0.3) is 10.9 Å². The van der Waals surface area contributed by atoms with Gasteiger partial charge in [0, 0.05) is 56.7 Å². The number of nitriles is 1. The molecule has 1 aliphatic heterocycles. The molecule has 0 bridgehead atoms. The highest BCUT2D eigenvalue weighted by atomic mass is 19.3. The predicted octanol–water partition coefficient (Wildman–Crippen LogP) is 3.14. The molecule has 1 fully saturated rings. The predicted molar refractivity (Wildman–Crippen MR) is 205 cm³/mol. The van der Waals surface area contributed by atoms with Crippen molar-refractivity contribution in [2.45, 2.75) is 56.2 Å². The van der Waals surface area contributed by atoms with Crippen LogP contribution in [-0.2, 0) is 32.0 Å². The van der Waals surface area contributed by atoms with Crippen molar-refractivity contribution in [1.29, 1.82) is 5.26 Å². The fraction of sp³-hybridized carbons (Fsp3) is 0.341. The molecule has 1 aromatic heterocycles. The molecule has 1 saturated heterocycles. The number of likely N-dealkylation sites (tertiary alicyclic amines) is 1. The highest BCUT2D eigenvalue weighted by Gasteiger charge is 2.47. The van der Waals surface area contributed by atoms with Crippen LogP contribution in [0.4, 0.5) is 14.5 Å². The number of hydrogen-bond acceptors (Lipinski definition) is 8. The topological polar surface area (TPSA) is 177 Å². The molecular weight excluding hydrogens is 722 g/mol. The number of fused-ring (bicyclic) bond motifs is 1. The minimum Gasteiger partial charge on any atom is -0.375 e. The van der Waals surface area contributed by atoms with Crippen molar-refractivity contribution >= 4 is 46.6 Å². The molecule has 0 aliphatic carbocycles. The van der Waals surface area contributed by atoms with Gasteiger partial charge in [0.2, 0.25) is 24.1 Å². The largest absolute Gasteiger partial charge is 0.375 e. The summed E-state index contributed by atoms with van der Waals surface area (Å²) in [6.07, 6.45) is 3.03. The van der Waals surface area contributed by atoms with E-state index in [2.05, 4.69) is 26.3 Å². The third-order valence-corrected chi connectivity index (χ3v) is 9.55. The summed E-state index contributed by atoms with van der Waals surface area (Å²) in [5, 5.41) is 20.6. The molecule has 2 heterocycles. The normalized spacial score (nSPS) is 15.5. The van der Waals surface area contributed by atoms with Crippen LogP contribution in [0.2, 0.25) is 0 Å². The second-order valence-electron chi connectivity index (χ2n) is 13.7. The number of hydrogen-bond donors (Lipinski definition) is 4. The van der Waals surface area contributed by atoms with Crippen LogP contribution in [-0.4, -0.2) is 97.2 Å². The first-order valence-corrected chi connectivity index (χ1v) is 18.3. The van der Waals surface area contributed by atoms with Gasteiger partial charge in [0.15, 0.2) is 0 Å². The number of aromatic nitrogens is 1. The van der Waals surface area contributed by atoms with E-state index in [0.717, 1.165) is 21.7 Å². The second kappa shape index (κ2) is 19.2.